The van der Waals surface area contributed by atoms with Crippen LogP contribution in [0, 0.1) is 11.3 Å². The summed E-state index contributed by atoms with van der Waals surface area (Å²) in [5.74, 6) is 0.581. The van der Waals surface area contributed by atoms with Crippen LogP contribution in [0.3, 0.4) is 0 Å². The van der Waals surface area contributed by atoms with E-state index in [1.807, 2.05) is 5.38 Å². The Morgan fingerprint density at radius 2 is 2.32 bits per heavy atom. The first kappa shape index (κ1) is 11.9. The Morgan fingerprint density at radius 3 is 2.89 bits per heavy atom. The highest BCUT2D eigenvalue weighted by Crippen LogP contribution is 2.30. The molecule has 96 valence electrons. The summed E-state index contributed by atoms with van der Waals surface area (Å²) >= 11 is 1.51. The maximum absolute atomic E-state index is 9.20. The number of nitrogens with one attached hydrogen (secondary N) is 1. The molecule has 0 unspecified atom stereocenters. The fourth-order valence-electron chi connectivity index (χ4n) is 1.99. The summed E-state index contributed by atoms with van der Waals surface area (Å²) < 4.78 is 0. The largest absolute Gasteiger partial charge is 0.397 e. The second-order valence-corrected chi connectivity index (χ2v) is 5.44. The topological polar surface area (TPSA) is 87.6 Å². The predicted molar refractivity (Wildman–Crippen MR) is 75.7 cm³/mol. The van der Waals surface area contributed by atoms with Gasteiger partial charge in [0.25, 0.3) is 0 Å². The molecule has 0 aliphatic heterocycles. The quantitative estimate of drug-likeness (QED) is 0.896. The first-order chi connectivity index (χ1) is 9.28. The van der Waals surface area contributed by atoms with Crippen molar-refractivity contribution < 1.29 is 0 Å². The lowest BCUT2D eigenvalue weighted by molar-refractivity contribution is 0.444. The van der Waals surface area contributed by atoms with Gasteiger partial charge >= 0.3 is 0 Å². The van der Waals surface area contributed by atoms with Crippen LogP contribution >= 0.6 is 11.3 Å². The molecule has 3 N–H and O–H groups in total. The third-order valence-corrected chi connectivity index (χ3v) is 4.05. The molecule has 1 aliphatic carbocycles. The van der Waals surface area contributed by atoms with E-state index in [2.05, 4.69) is 21.4 Å². The zero-order valence-electron chi connectivity index (χ0n) is 10.3. The first-order valence-corrected chi connectivity index (χ1v) is 7.03. The third-order valence-electron chi connectivity index (χ3n) is 3.26. The van der Waals surface area contributed by atoms with Gasteiger partial charge in [-0.3, -0.25) is 0 Å². The molecule has 1 saturated carbocycles. The fraction of sp³-hybridized carbons (Fsp3) is 0.308. The van der Waals surface area contributed by atoms with Gasteiger partial charge < -0.3 is 11.1 Å². The Morgan fingerprint density at radius 1 is 1.47 bits per heavy atom. The summed E-state index contributed by atoms with van der Waals surface area (Å²) in [5, 5.41) is 15.2. The SMILES string of the molecule is N#Cc1c(N)cc(-c2nccs2)nc1NC1CCC1. The van der Waals surface area contributed by atoms with E-state index in [0.717, 1.165) is 17.8 Å². The Balaban J connectivity index is 2.02. The molecule has 0 bridgehead atoms. The average molecular weight is 271 g/mol. The van der Waals surface area contributed by atoms with Gasteiger partial charge in [-0.2, -0.15) is 5.26 Å². The molecule has 1 aliphatic rings. The second-order valence-electron chi connectivity index (χ2n) is 4.54. The van der Waals surface area contributed by atoms with Gasteiger partial charge in [0.2, 0.25) is 0 Å². The minimum Gasteiger partial charge on any atom is -0.397 e. The molecular weight excluding hydrogens is 258 g/mol. The number of nitrogens with two attached hydrogens (primary N) is 1. The maximum atomic E-state index is 9.20. The molecule has 0 amide bonds. The summed E-state index contributed by atoms with van der Waals surface area (Å²) in [6.45, 7) is 0. The smallest absolute Gasteiger partial charge is 0.147 e. The maximum Gasteiger partial charge on any atom is 0.147 e. The van der Waals surface area contributed by atoms with E-state index in [4.69, 9.17) is 5.73 Å². The number of hydrogen-bond donors (Lipinski definition) is 2. The molecule has 0 radical (unpaired) electrons. The fourth-order valence-corrected chi connectivity index (χ4v) is 2.59. The molecule has 0 aromatic carbocycles. The molecule has 5 nitrogen and oxygen atoms in total. The number of nitriles is 1. The van der Waals surface area contributed by atoms with Crippen LogP contribution in [-0.2, 0) is 0 Å². The van der Waals surface area contributed by atoms with Crippen LogP contribution in [0.4, 0.5) is 11.5 Å². The van der Waals surface area contributed by atoms with E-state index in [0.29, 0.717) is 28.8 Å². The number of hydrogen-bond acceptors (Lipinski definition) is 6. The molecule has 0 saturated heterocycles. The summed E-state index contributed by atoms with van der Waals surface area (Å²) in [4.78, 5) is 8.73. The van der Waals surface area contributed by atoms with E-state index in [1.165, 1.54) is 17.8 Å². The predicted octanol–water partition coefficient (Wildman–Crippen LogP) is 2.62. The van der Waals surface area contributed by atoms with E-state index in [-0.39, 0.29) is 0 Å². The third kappa shape index (κ3) is 2.25. The first-order valence-electron chi connectivity index (χ1n) is 6.15. The molecule has 0 atom stereocenters. The average Bonchev–Trinajstić information content (AvgIpc) is 2.87. The molecule has 1 fully saturated rings. The van der Waals surface area contributed by atoms with Crippen LogP contribution in [0.25, 0.3) is 10.7 Å². The number of pyridine rings is 1. The van der Waals surface area contributed by atoms with E-state index in [1.54, 1.807) is 12.3 Å². The van der Waals surface area contributed by atoms with Gasteiger partial charge in [-0.05, 0) is 25.3 Å². The summed E-state index contributed by atoms with van der Waals surface area (Å²) in [6.07, 6.45) is 5.19. The highest BCUT2D eigenvalue weighted by molar-refractivity contribution is 7.13. The van der Waals surface area contributed by atoms with Crippen LogP contribution in [0.15, 0.2) is 17.6 Å². The Hall–Kier alpha value is -2.13. The zero-order chi connectivity index (χ0) is 13.2. The van der Waals surface area contributed by atoms with Crippen molar-refractivity contribution in [2.75, 3.05) is 11.1 Å². The number of nitrogens with zero attached hydrogens (tertiary/aromatic N) is 3. The Bertz CT molecular complexity index is 625. The van der Waals surface area contributed by atoms with Gasteiger partial charge in [0.15, 0.2) is 0 Å². The standard InChI is InChI=1S/C13H13N5S/c14-7-9-10(15)6-11(13-16-4-5-19-13)18-12(9)17-8-2-1-3-8/h4-6,8H,1-3H2,(H3,15,17,18). The van der Waals surface area contributed by atoms with Gasteiger partial charge in [-0.25, -0.2) is 9.97 Å². The van der Waals surface area contributed by atoms with Crippen LogP contribution < -0.4 is 11.1 Å². The van der Waals surface area contributed by atoms with Crippen molar-refractivity contribution in [2.45, 2.75) is 25.3 Å². The molecule has 19 heavy (non-hydrogen) atoms. The van der Waals surface area contributed by atoms with Crippen molar-refractivity contribution in [3.8, 4) is 16.8 Å². The molecule has 6 heteroatoms. The number of rotatable bonds is 3. The number of nitrogen functional groups attached to an aromatic ring is 1. The van der Waals surface area contributed by atoms with Crippen molar-refractivity contribution >= 4 is 22.8 Å². The molecule has 2 heterocycles. The summed E-state index contributed by atoms with van der Waals surface area (Å²) in [6, 6.07) is 4.24. The lowest BCUT2D eigenvalue weighted by Crippen LogP contribution is -2.28. The van der Waals surface area contributed by atoms with Crippen molar-refractivity contribution in [1.82, 2.24) is 9.97 Å². The molecular formula is C13H13N5S. The Labute approximate surface area is 115 Å². The lowest BCUT2D eigenvalue weighted by atomic mass is 9.93. The number of thiazole rings is 1. The van der Waals surface area contributed by atoms with Crippen LogP contribution in [0.5, 0.6) is 0 Å². The van der Waals surface area contributed by atoms with E-state index >= 15 is 0 Å². The minimum absolute atomic E-state index is 0.408. The number of aromatic nitrogens is 2. The lowest BCUT2D eigenvalue weighted by Gasteiger charge is -2.27. The van der Waals surface area contributed by atoms with Crippen molar-refractivity contribution in [1.29, 1.82) is 5.26 Å². The van der Waals surface area contributed by atoms with Crippen molar-refractivity contribution in [3.05, 3.63) is 23.2 Å². The molecule has 2 aromatic heterocycles. The van der Waals surface area contributed by atoms with Crippen molar-refractivity contribution in [3.63, 3.8) is 0 Å². The normalized spacial score (nSPS) is 14.7. The molecule has 3 rings (SSSR count). The van der Waals surface area contributed by atoms with Gasteiger partial charge in [0.05, 0.1) is 5.69 Å². The van der Waals surface area contributed by atoms with Gasteiger partial charge in [-0.1, -0.05) is 0 Å². The molecule has 0 spiro atoms. The van der Waals surface area contributed by atoms with Crippen LogP contribution in [0.2, 0.25) is 0 Å². The van der Waals surface area contributed by atoms with Crippen LogP contribution in [0.1, 0.15) is 24.8 Å². The monoisotopic (exact) mass is 271 g/mol. The summed E-state index contributed by atoms with van der Waals surface area (Å²) in [5.41, 5.74) is 7.54. The summed E-state index contributed by atoms with van der Waals surface area (Å²) in [7, 11) is 0. The van der Waals surface area contributed by atoms with Crippen LogP contribution in [-0.4, -0.2) is 16.0 Å². The van der Waals surface area contributed by atoms with Gasteiger partial charge in [0, 0.05) is 17.6 Å². The zero-order valence-corrected chi connectivity index (χ0v) is 11.1. The number of anilines is 2. The van der Waals surface area contributed by atoms with Gasteiger partial charge in [-0.15, -0.1) is 11.3 Å². The highest BCUT2D eigenvalue weighted by atomic mass is 32.1. The van der Waals surface area contributed by atoms with Crippen molar-refractivity contribution in [2.24, 2.45) is 0 Å². The Kier molecular flexibility index (Phi) is 3.05. The van der Waals surface area contributed by atoms with Gasteiger partial charge in [0.1, 0.15) is 28.2 Å². The second kappa shape index (κ2) is 4.86. The van der Waals surface area contributed by atoms with E-state index in [9.17, 15) is 5.26 Å². The van der Waals surface area contributed by atoms with E-state index < -0.39 is 0 Å². The minimum atomic E-state index is 0.408. The highest BCUT2D eigenvalue weighted by Gasteiger charge is 2.21. The molecule has 2 aromatic rings.